The number of hydrogen-bond acceptors (Lipinski definition) is 2. The van der Waals surface area contributed by atoms with Crippen LogP contribution < -0.4 is 5.56 Å². The lowest BCUT2D eigenvalue weighted by atomic mass is 10.4. The summed E-state index contributed by atoms with van der Waals surface area (Å²) >= 11 is 0. The summed E-state index contributed by atoms with van der Waals surface area (Å²) in [6.45, 7) is 7.92. The highest BCUT2D eigenvalue weighted by Crippen LogP contribution is 1.95. The van der Waals surface area contributed by atoms with Crippen LogP contribution in [0.5, 0.6) is 0 Å². The normalized spacial score (nSPS) is 9.08. The molecule has 3 heteroatoms. The average molecular weight is 168 g/mol. The molecule has 0 aromatic carbocycles. The topological polar surface area (TPSA) is 34.9 Å². The molecule has 1 aromatic rings. The summed E-state index contributed by atoms with van der Waals surface area (Å²) in [7, 11) is 0. The third-order valence-electron chi connectivity index (χ3n) is 1.31. The van der Waals surface area contributed by atoms with Crippen LogP contribution in [0.4, 0.5) is 0 Å². The summed E-state index contributed by atoms with van der Waals surface area (Å²) in [5.74, 6) is 0. The lowest BCUT2D eigenvalue weighted by Gasteiger charge is -2.06. The fraction of sp³-hybridized carbons (Fsp3) is 0.556. The van der Waals surface area contributed by atoms with Crippen LogP contribution >= 0.6 is 0 Å². The van der Waals surface area contributed by atoms with Crippen molar-refractivity contribution < 1.29 is 0 Å². The van der Waals surface area contributed by atoms with E-state index in [0.717, 1.165) is 0 Å². The molecule has 0 saturated heterocycles. The Bertz CT molecular complexity index is 265. The van der Waals surface area contributed by atoms with E-state index in [1.807, 2.05) is 27.7 Å². The molecule has 0 bridgehead atoms. The lowest BCUT2D eigenvalue weighted by molar-refractivity contribution is 0.574. The SMILES string of the molecule is CC.CC(C)n1ccncc1=O. The molecule has 12 heavy (non-hydrogen) atoms. The molecule has 0 atom stereocenters. The van der Waals surface area contributed by atoms with Crippen molar-refractivity contribution in [1.29, 1.82) is 0 Å². The lowest BCUT2D eigenvalue weighted by Crippen LogP contribution is -2.20. The minimum Gasteiger partial charge on any atom is -0.310 e. The van der Waals surface area contributed by atoms with Crippen LogP contribution in [-0.4, -0.2) is 9.55 Å². The molecule has 0 aliphatic carbocycles. The Morgan fingerprint density at radius 3 is 2.33 bits per heavy atom. The zero-order chi connectivity index (χ0) is 9.56. The highest BCUT2D eigenvalue weighted by molar-refractivity contribution is 4.81. The van der Waals surface area contributed by atoms with E-state index in [2.05, 4.69) is 4.98 Å². The van der Waals surface area contributed by atoms with Crippen molar-refractivity contribution in [2.24, 2.45) is 0 Å². The fourth-order valence-corrected chi connectivity index (χ4v) is 0.784. The first-order valence-corrected chi connectivity index (χ1v) is 4.24. The van der Waals surface area contributed by atoms with Crippen molar-refractivity contribution in [3.05, 3.63) is 28.9 Å². The van der Waals surface area contributed by atoms with Crippen molar-refractivity contribution >= 4 is 0 Å². The molecule has 0 spiro atoms. The van der Waals surface area contributed by atoms with Gasteiger partial charge < -0.3 is 4.57 Å². The van der Waals surface area contributed by atoms with Gasteiger partial charge in [-0.2, -0.15) is 0 Å². The molecule has 3 nitrogen and oxygen atoms in total. The molecule has 0 fully saturated rings. The Hall–Kier alpha value is -1.12. The molecular weight excluding hydrogens is 152 g/mol. The first-order valence-electron chi connectivity index (χ1n) is 4.24. The number of aromatic nitrogens is 2. The van der Waals surface area contributed by atoms with Crippen molar-refractivity contribution in [1.82, 2.24) is 9.55 Å². The minimum absolute atomic E-state index is 0.0440. The summed E-state index contributed by atoms with van der Waals surface area (Å²) in [5.41, 5.74) is -0.0440. The van der Waals surface area contributed by atoms with Gasteiger partial charge in [-0.25, -0.2) is 0 Å². The molecule has 0 aliphatic rings. The maximum Gasteiger partial charge on any atom is 0.269 e. The summed E-state index contributed by atoms with van der Waals surface area (Å²) in [5, 5.41) is 0. The van der Waals surface area contributed by atoms with Gasteiger partial charge in [0.2, 0.25) is 0 Å². The van der Waals surface area contributed by atoms with E-state index in [1.165, 1.54) is 6.20 Å². The van der Waals surface area contributed by atoms with Crippen LogP contribution in [0.25, 0.3) is 0 Å². The molecule has 0 aliphatic heterocycles. The number of hydrogen-bond donors (Lipinski definition) is 0. The zero-order valence-electron chi connectivity index (χ0n) is 8.11. The number of rotatable bonds is 1. The molecule has 1 heterocycles. The van der Waals surface area contributed by atoms with Gasteiger partial charge in [0, 0.05) is 18.4 Å². The van der Waals surface area contributed by atoms with Gasteiger partial charge in [0.25, 0.3) is 5.56 Å². The van der Waals surface area contributed by atoms with Crippen LogP contribution in [0.15, 0.2) is 23.4 Å². The molecule has 0 N–H and O–H groups in total. The standard InChI is InChI=1S/C7H10N2O.C2H6/c1-6(2)9-4-3-8-5-7(9)10;1-2/h3-6H,1-2H3;1-2H3. The van der Waals surface area contributed by atoms with E-state index in [9.17, 15) is 4.79 Å². The Morgan fingerprint density at radius 2 is 2.00 bits per heavy atom. The van der Waals surface area contributed by atoms with Crippen molar-refractivity contribution in [3.63, 3.8) is 0 Å². The van der Waals surface area contributed by atoms with Gasteiger partial charge in [-0.1, -0.05) is 13.8 Å². The third-order valence-corrected chi connectivity index (χ3v) is 1.31. The minimum atomic E-state index is -0.0440. The van der Waals surface area contributed by atoms with Gasteiger partial charge in [-0.3, -0.25) is 9.78 Å². The summed E-state index contributed by atoms with van der Waals surface area (Å²) in [6.07, 6.45) is 4.62. The molecule has 0 unspecified atom stereocenters. The van der Waals surface area contributed by atoms with Gasteiger partial charge in [-0.15, -0.1) is 0 Å². The smallest absolute Gasteiger partial charge is 0.269 e. The first kappa shape index (κ1) is 10.9. The highest BCUT2D eigenvalue weighted by atomic mass is 16.1. The van der Waals surface area contributed by atoms with E-state index in [4.69, 9.17) is 0 Å². The second-order valence-corrected chi connectivity index (χ2v) is 2.42. The summed E-state index contributed by atoms with van der Waals surface area (Å²) in [4.78, 5) is 14.7. The first-order chi connectivity index (χ1) is 5.72. The Labute approximate surface area is 73.1 Å². The second kappa shape index (κ2) is 5.52. The van der Waals surface area contributed by atoms with Crippen LogP contribution in [0.1, 0.15) is 33.7 Å². The van der Waals surface area contributed by atoms with E-state index in [-0.39, 0.29) is 11.6 Å². The molecule has 1 rings (SSSR count). The molecule has 0 saturated carbocycles. The third kappa shape index (κ3) is 2.86. The van der Waals surface area contributed by atoms with Crippen molar-refractivity contribution in [2.45, 2.75) is 33.7 Å². The monoisotopic (exact) mass is 168 g/mol. The summed E-state index contributed by atoms with van der Waals surface area (Å²) < 4.78 is 1.63. The zero-order valence-corrected chi connectivity index (χ0v) is 8.11. The largest absolute Gasteiger partial charge is 0.310 e. The van der Waals surface area contributed by atoms with Crippen LogP contribution in [0.3, 0.4) is 0 Å². The van der Waals surface area contributed by atoms with Gasteiger partial charge in [0.05, 0.1) is 6.20 Å². The van der Waals surface area contributed by atoms with Crippen LogP contribution in [0.2, 0.25) is 0 Å². The second-order valence-electron chi connectivity index (χ2n) is 2.42. The molecule has 68 valence electrons. The van der Waals surface area contributed by atoms with Gasteiger partial charge >= 0.3 is 0 Å². The van der Waals surface area contributed by atoms with Gasteiger partial charge in [-0.05, 0) is 13.8 Å². The molecule has 0 amide bonds. The molecule has 0 radical (unpaired) electrons. The van der Waals surface area contributed by atoms with Crippen LogP contribution in [-0.2, 0) is 0 Å². The van der Waals surface area contributed by atoms with Gasteiger partial charge in [0.15, 0.2) is 0 Å². The van der Waals surface area contributed by atoms with Crippen molar-refractivity contribution in [3.8, 4) is 0 Å². The molecular formula is C9H16N2O. The van der Waals surface area contributed by atoms with Gasteiger partial charge in [0.1, 0.15) is 0 Å². The average Bonchev–Trinajstić information content (AvgIpc) is 2.08. The Balaban J connectivity index is 0.000000561. The predicted octanol–water partition coefficient (Wildman–Crippen LogP) is 1.85. The molecule has 1 aromatic heterocycles. The Morgan fingerprint density at radius 1 is 1.42 bits per heavy atom. The highest BCUT2D eigenvalue weighted by Gasteiger charge is 1.96. The van der Waals surface area contributed by atoms with E-state index < -0.39 is 0 Å². The van der Waals surface area contributed by atoms with Crippen molar-refractivity contribution in [2.75, 3.05) is 0 Å². The quantitative estimate of drug-likeness (QED) is 0.641. The van der Waals surface area contributed by atoms with E-state index in [0.29, 0.717) is 0 Å². The fourth-order valence-electron chi connectivity index (χ4n) is 0.784. The maximum atomic E-state index is 11.0. The van der Waals surface area contributed by atoms with E-state index in [1.54, 1.807) is 17.0 Å². The maximum absolute atomic E-state index is 11.0. The number of nitrogens with zero attached hydrogens (tertiary/aromatic N) is 2. The summed E-state index contributed by atoms with van der Waals surface area (Å²) in [6, 6.07) is 0.218. The van der Waals surface area contributed by atoms with E-state index >= 15 is 0 Å². The predicted molar refractivity (Wildman–Crippen MR) is 50.2 cm³/mol. The van der Waals surface area contributed by atoms with Crippen LogP contribution in [0, 0.1) is 0 Å². The Kier molecular flexibility index (Phi) is 5.00.